The Kier molecular flexibility index (Phi) is 6.34. The molecule has 3 nitrogen and oxygen atoms in total. The van der Waals surface area contributed by atoms with Gasteiger partial charge in [0.1, 0.15) is 0 Å². The molecular weight excluding hydrogens is 224 g/mol. The first-order chi connectivity index (χ1) is 6.94. The first kappa shape index (κ1) is 15.7. The molecule has 16 heavy (non-hydrogen) atoms. The highest BCUT2D eigenvalue weighted by Gasteiger charge is 2.31. The normalized spacial score (nSPS) is 20.8. The van der Waals surface area contributed by atoms with E-state index in [0.717, 1.165) is 19.4 Å². The lowest BCUT2D eigenvalue weighted by molar-refractivity contribution is -0.131. The summed E-state index contributed by atoms with van der Waals surface area (Å²) in [5, 5.41) is 2.94. The van der Waals surface area contributed by atoms with Crippen LogP contribution in [0.1, 0.15) is 40.0 Å². The molecule has 1 heterocycles. The molecule has 96 valence electrons. The number of nitrogens with one attached hydrogen (secondary N) is 1. The van der Waals surface area contributed by atoms with Crippen molar-refractivity contribution in [3.05, 3.63) is 0 Å². The largest absolute Gasteiger partial charge is 0.339 e. The zero-order valence-electron chi connectivity index (χ0n) is 10.9. The zero-order chi connectivity index (χ0) is 11.5. The second kappa shape index (κ2) is 6.45. The third-order valence-corrected chi connectivity index (χ3v) is 2.87. The Bertz CT molecular complexity index is 226. The van der Waals surface area contributed by atoms with Gasteiger partial charge in [0.05, 0.1) is 6.54 Å². The minimum atomic E-state index is 0. The summed E-state index contributed by atoms with van der Waals surface area (Å²) >= 11 is 0. The number of rotatable bonds is 3. The van der Waals surface area contributed by atoms with E-state index in [4.69, 9.17) is 0 Å². The molecule has 1 saturated heterocycles. The summed E-state index contributed by atoms with van der Waals surface area (Å²) in [4.78, 5) is 13.9. The van der Waals surface area contributed by atoms with Crippen molar-refractivity contribution in [2.24, 2.45) is 5.41 Å². The fraction of sp³-hybridized carbons (Fsp3) is 0.917. The molecule has 1 unspecified atom stereocenters. The van der Waals surface area contributed by atoms with Crippen molar-refractivity contribution in [3.63, 3.8) is 0 Å². The highest BCUT2D eigenvalue weighted by molar-refractivity contribution is 5.85. The van der Waals surface area contributed by atoms with Gasteiger partial charge in [-0.1, -0.05) is 20.8 Å². The fourth-order valence-corrected chi connectivity index (χ4v) is 2.34. The molecule has 0 aliphatic carbocycles. The molecule has 0 saturated carbocycles. The number of hydrogen-bond acceptors (Lipinski definition) is 2. The number of carbonyl (C=O) groups is 1. The van der Waals surface area contributed by atoms with Gasteiger partial charge in [-0.3, -0.25) is 4.79 Å². The van der Waals surface area contributed by atoms with E-state index in [1.54, 1.807) is 0 Å². The van der Waals surface area contributed by atoms with E-state index in [9.17, 15) is 4.79 Å². The quantitative estimate of drug-likeness (QED) is 0.829. The van der Waals surface area contributed by atoms with Crippen molar-refractivity contribution < 1.29 is 4.79 Å². The first-order valence-electron chi connectivity index (χ1n) is 5.88. The highest BCUT2D eigenvalue weighted by Crippen LogP contribution is 2.29. The maximum absolute atomic E-state index is 11.8. The van der Waals surface area contributed by atoms with Gasteiger partial charge >= 0.3 is 0 Å². The van der Waals surface area contributed by atoms with Gasteiger partial charge in [0.25, 0.3) is 0 Å². The predicted octanol–water partition coefficient (Wildman–Crippen LogP) is 2.05. The van der Waals surface area contributed by atoms with Crippen LogP contribution in [0.15, 0.2) is 0 Å². The third kappa shape index (κ3) is 4.71. The van der Waals surface area contributed by atoms with Gasteiger partial charge in [0.2, 0.25) is 5.91 Å². The molecular formula is C12H25ClN2O. The maximum Gasteiger partial charge on any atom is 0.236 e. The van der Waals surface area contributed by atoms with Gasteiger partial charge in [0.15, 0.2) is 0 Å². The third-order valence-electron chi connectivity index (χ3n) is 2.87. The van der Waals surface area contributed by atoms with Gasteiger partial charge in [0, 0.05) is 12.6 Å². The number of likely N-dealkylation sites (tertiary alicyclic amines) is 1. The van der Waals surface area contributed by atoms with Gasteiger partial charge in [-0.05, 0) is 31.7 Å². The smallest absolute Gasteiger partial charge is 0.236 e. The molecule has 0 bridgehead atoms. The van der Waals surface area contributed by atoms with Crippen molar-refractivity contribution in [3.8, 4) is 0 Å². The summed E-state index contributed by atoms with van der Waals surface area (Å²) in [6.45, 7) is 8.14. The van der Waals surface area contributed by atoms with Gasteiger partial charge in [-0.25, -0.2) is 0 Å². The minimum absolute atomic E-state index is 0. The van der Waals surface area contributed by atoms with Crippen molar-refractivity contribution in [2.45, 2.75) is 46.1 Å². The highest BCUT2D eigenvalue weighted by atomic mass is 35.5. The summed E-state index contributed by atoms with van der Waals surface area (Å²) < 4.78 is 0. The lowest BCUT2D eigenvalue weighted by atomic mass is 9.87. The molecule has 1 aliphatic rings. The molecule has 0 aromatic carbocycles. The van der Waals surface area contributed by atoms with Crippen molar-refractivity contribution >= 4 is 18.3 Å². The summed E-state index contributed by atoms with van der Waals surface area (Å²) in [5.41, 5.74) is 0.313. The Morgan fingerprint density at radius 1 is 1.44 bits per heavy atom. The fourth-order valence-electron chi connectivity index (χ4n) is 2.34. The molecule has 1 N–H and O–H groups in total. The molecule has 1 aliphatic heterocycles. The number of halogens is 1. The van der Waals surface area contributed by atoms with E-state index >= 15 is 0 Å². The van der Waals surface area contributed by atoms with Gasteiger partial charge < -0.3 is 10.2 Å². The number of hydrogen-bond donors (Lipinski definition) is 1. The van der Waals surface area contributed by atoms with Crippen LogP contribution in [0, 0.1) is 5.41 Å². The van der Waals surface area contributed by atoms with Gasteiger partial charge in [-0.15, -0.1) is 12.4 Å². The van der Waals surface area contributed by atoms with Crippen LogP contribution in [0.5, 0.6) is 0 Å². The number of amides is 1. The molecule has 0 aromatic rings. The number of carbonyl (C=O) groups excluding carboxylic acids is 1. The SMILES string of the molecule is CNCC(=O)N1CCCC1CC(C)(C)C.Cl. The van der Waals surface area contributed by atoms with Crippen LogP contribution in [0.4, 0.5) is 0 Å². The molecule has 0 radical (unpaired) electrons. The lowest BCUT2D eigenvalue weighted by Gasteiger charge is -2.30. The van der Waals surface area contributed by atoms with Crippen LogP contribution in [-0.4, -0.2) is 37.0 Å². The van der Waals surface area contributed by atoms with Crippen LogP contribution in [0.25, 0.3) is 0 Å². The standard InChI is InChI=1S/C12H24N2O.ClH/c1-12(2,3)8-10-6-5-7-14(10)11(15)9-13-4;/h10,13H,5-9H2,1-4H3;1H. The van der Waals surface area contributed by atoms with Crippen molar-refractivity contribution in [1.82, 2.24) is 10.2 Å². The summed E-state index contributed by atoms with van der Waals surface area (Å²) in [6, 6.07) is 0.464. The Labute approximate surface area is 105 Å². The Hall–Kier alpha value is -0.280. The monoisotopic (exact) mass is 248 g/mol. The van der Waals surface area contributed by atoms with E-state index in [1.165, 1.54) is 6.42 Å². The number of nitrogens with zero attached hydrogens (tertiary/aromatic N) is 1. The zero-order valence-corrected chi connectivity index (χ0v) is 11.7. The van der Waals surface area contributed by atoms with Crippen LogP contribution in [-0.2, 0) is 4.79 Å². The van der Waals surface area contributed by atoms with E-state index < -0.39 is 0 Å². The second-order valence-corrected chi connectivity index (χ2v) is 5.68. The summed E-state index contributed by atoms with van der Waals surface area (Å²) in [6.07, 6.45) is 3.45. The summed E-state index contributed by atoms with van der Waals surface area (Å²) in [7, 11) is 1.83. The lowest BCUT2D eigenvalue weighted by Crippen LogP contribution is -2.41. The molecule has 0 spiro atoms. The predicted molar refractivity (Wildman–Crippen MR) is 70.0 cm³/mol. The molecule has 1 fully saturated rings. The Morgan fingerprint density at radius 2 is 2.06 bits per heavy atom. The van der Waals surface area contributed by atoms with Crippen molar-refractivity contribution in [2.75, 3.05) is 20.1 Å². The minimum Gasteiger partial charge on any atom is -0.339 e. The molecule has 4 heteroatoms. The van der Waals surface area contributed by atoms with Crippen LogP contribution < -0.4 is 5.32 Å². The Morgan fingerprint density at radius 3 is 2.56 bits per heavy atom. The van der Waals surface area contributed by atoms with Crippen LogP contribution in [0.3, 0.4) is 0 Å². The molecule has 0 aromatic heterocycles. The first-order valence-corrected chi connectivity index (χ1v) is 5.88. The van der Waals surface area contributed by atoms with E-state index in [1.807, 2.05) is 7.05 Å². The topological polar surface area (TPSA) is 32.3 Å². The molecule has 1 atom stereocenters. The van der Waals surface area contributed by atoms with Crippen LogP contribution in [0.2, 0.25) is 0 Å². The summed E-state index contributed by atoms with van der Waals surface area (Å²) in [5.74, 6) is 0.254. The average Bonchev–Trinajstić information content (AvgIpc) is 2.49. The maximum atomic E-state index is 11.8. The molecule has 1 rings (SSSR count). The van der Waals surface area contributed by atoms with Crippen molar-refractivity contribution in [1.29, 1.82) is 0 Å². The van der Waals surface area contributed by atoms with E-state index in [0.29, 0.717) is 18.0 Å². The molecule has 1 amide bonds. The van der Waals surface area contributed by atoms with Crippen LogP contribution >= 0.6 is 12.4 Å². The Balaban J connectivity index is 0.00000225. The van der Waals surface area contributed by atoms with E-state index in [2.05, 4.69) is 31.0 Å². The average molecular weight is 249 g/mol. The number of likely N-dealkylation sites (N-methyl/N-ethyl adjacent to an activating group) is 1. The van der Waals surface area contributed by atoms with Gasteiger partial charge in [-0.2, -0.15) is 0 Å². The van der Waals surface area contributed by atoms with E-state index in [-0.39, 0.29) is 18.3 Å². The second-order valence-electron chi connectivity index (χ2n) is 5.68.